The summed E-state index contributed by atoms with van der Waals surface area (Å²) in [7, 11) is 0. The van der Waals surface area contributed by atoms with Crippen LogP contribution in [-0.2, 0) is 14.3 Å². The zero-order valence-electron chi connectivity index (χ0n) is 14.8. The maximum atomic E-state index is 12.4. The van der Waals surface area contributed by atoms with Gasteiger partial charge in [-0.2, -0.15) is 0 Å². The van der Waals surface area contributed by atoms with E-state index < -0.39 is 11.6 Å². The number of carbonyl (C=O) groups is 2. The fraction of sp³-hybridized carbons (Fsp3) is 0.333. The first kappa shape index (κ1) is 17.2. The van der Waals surface area contributed by atoms with Gasteiger partial charge in [0.1, 0.15) is 11.6 Å². The normalized spacial score (nSPS) is 20.2. The Hall–Kier alpha value is -2.62. The lowest BCUT2D eigenvalue weighted by Gasteiger charge is -2.24. The van der Waals surface area contributed by atoms with Crippen molar-refractivity contribution in [1.29, 1.82) is 0 Å². The van der Waals surface area contributed by atoms with Crippen LogP contribution in [0.1, 0.15) is 38.7 Å². The van der Waals surface area contributed by atoms with Gasteiger partial charge in [0.05, 0.1) is 0 Å². The molecule has 4 nitrogen and oxygen atoms in total. The molecule has 0 aromatic heterocycles. The van der Waals surface area contributed by atoms with Crippen molar-refractivity contribution in [3.05, 3.63) is 60.2 Å². The van der Waals surface area contributed by atoms with Crippen LogP contribution in [0.15, 0.2) is 54.6 Å². The second-order valence-corrected chi connectivity index (χ2v) is 7.38. The van der Waals surface area contributed by atoms with Crippen molar-refractivity contribution in [3.63, 3.8) is 0 Å². The molecule has 1 heterocycles. The van der Waals surface area contributed by atoms with Gasteiger partial charge in [0.2, 0.25) is 5.91 Å². The molecule has 0 bridgehead atoms. The fourth-order valence-corrected chi connectivity index (χ4v) is 3.10. The van der Waals surface area contributed by atoms with Gasteiger partial charge >= 0.3 is 5.97 Å². The number of amides is 1. The van der Waals surface area contributed by atoms with E-state index in [4.69, 9.17) is 4.74 Å². The summed E-state index contributed by atoms with van der Waals surface area (Å²) in [5.41, 5.74) is 2.63. The first-order valence-electron chi connectivity index (χ1n) is 8.51. The number of carbonyl (C=O) groups excluding carboxylic acids is 2. The minimum absolute atomic E-state index is 0.118. The van der Waals surface area contributed by atoms with Crippen LogP contribution in [-0.4, -0.2) is 23.5 Å². The van der Waals surface area contributed by atoms with Crippen LogP contribution < -0.4 is 5.32 Å². The van der Waals surface area contributed by atoms with E-state index in [0.717, 1.165) is 16.7 Å². The van der Waals surface area contributed by atoms with E-state index in [1.54, 1.807) is 0 Å². The van der Waals surface area contributed by atoms with Crippen molar-refractivity contribution in [2.24, 2.45) is 0 Å². The Labute approximate surface area is 148 Å². The predicted molar refractivity (Wildman–Crippen MR) is 97.0 cm³/mol. The van der Waals surface area contributed by atoms with Crippen molar-refractivity contribution in [3.8, 4) is 11.1 Å². The Bertz CT molecular complexity index is 760. The van der Waals surface area contributed by atoms with Crippen molar-refractivity contribution in [2.45, 2.75) is 44.8 Å². The largest absolute Gasteiger partial charge is 0.458 e. The van der Waals surface area contributed by atoms with Gasteiger partial charge in [-0.3, -0.25) is 4.79 Å². The van der Waals surface area contributed by atoms with Crippen LogP contribution in [0.25, 0.3) is 11.1 Å². The first-order valence-corrected chi connectivity index (χ1v) is 8.51. The molecule has 4 heteroatoms. The highest BCUT2D eigenvalue weighted by Gasteiger charge is 2.40. The minimum Gasteiger partial charge on any atom is -0.458 e. The lowest BCUT2D eigenvalue weighted by Crippen LogP contribution is -2.41. The summed E-state index contributed by atoms with van der Waals surface area (Å²) in [4.78, 5) is 24.3. The van der Waals surface area contributed by atoms with E-state index >= 15 is 0 Å². The van der Waals surface area contributed by atoms with Gasteiger partial charge in [-0.15, -0.1) is 0 Å². The van der Waals surface area contributed by atoms with Gasteiger partial charge in [-0.05, 0) is 37.5 Å². The van der Waals surface area contributed by atoms with E-state index in [0.29, 0.717) is 6.42 Å². The molecule has 3 rings (SSSR count). The number of nitrogens with one attached hydrogen (secondary N) is 1. The van der Waals surface area contributed by atoms with Gasteiger partial charge < -0.3 is 10.1 Å². The van der Waals surface area contributed by atoms with Gasteiger partial charge in [0, 0.05) is 12.3 Å². The molecule has 0 unspecified atom stereocenters. The summed E-state index contributed by atoms with van der Waals surface area (Å²) < 4.78 is 5.46. The lowest BCUT2D eigenvalue weighted by molar-refractivity contribution is -0.157. The Morgan fingerprint density at radius 1 is 1.00 bits per heavy atom. The van der Waals surface area contributed by atoms with Gasteiger partial charge in [-0.1, -0.05) is 54.6 Å². The molecule has 130 valence electrons. The molecule has 1 N–H and O–H groups in total. The summed E-state index contributed by atoms with van der Waals surface area (Å²) >= 11 is 0. The zero-order chi connectivity index (χ0) is 18.0. The summed E-state index contributed by atoms with van der Waals surface area (Å²) in [6.45, 7) is 5.47. The minimum atomic E-state index is -0.630. The fourth-order valence-electron chi connectivity index (χ4n) is 3.10. The summed E-state index contributed by atoms with van der Waals surface area (Å²) in [6, 6.07) is 17.5. The van der Waals surface area contributed by atoms with Crippen LogP contribution >= 0.6 is 0 Å². The molecule has 2 aromatic rings. The Morgan fingerprint density at radius 3 is 2.20 bits per heavy atom. The smallest absolute Gasteiger partial charge is 0.329 e. The van der Waals surface area contributed by atoms with E-state index in [9.17, 15) is 9.59 Å². The molecule has 1 saturated heterocycles. The van der Waals surface area contributed by atoms with Crippen molar-refractivity contribution in [1.82, 2.24) is 5.32 Å². The number of benzene rings is 2. The van der Waals surface area contributed by atoms with Gasteiger partial charge in [0.25, 0.3) is 0 Å². The number of esters is 1. The Balaban J connectivity index is 1.81. The number of rotatable bonds is 3. The van der Waals surface area contributed by atoms with Crippen molar-refractivity contribution >= 4 is 11.9 Å². The highest BCUT2D eigenvalue weighted by atomic mass is 16.6. The number of hydrogen-bond acceptors (Lipinski definition) is 3. The van der Waals surface area contributed by atoms with E-state index in [1.807, 2.05) is 63.2 Å². The molecular formula is C21H23NO3. The second kappa shape index (κ2) is 6.71. The van der Waals surface area contributed by atoms with Crippen LogP contribution in [0.3, 0.4) is 0 Å². The molecule has 0 saturated carbocycles. The molecule has 1 aliphatic rings. The molecule has 2 aromatic carbocycles. The Morgan fingerprint density at radius 2 is 1.60 bits per heavy atom. The SMILES string of the molecule is CC(C)(C)OC(=O)[C@H]1NC(=O)C[C@H]1c1ccc(-c2ccccc2)cc1. The van der Waals surface area contributed by atoms with Crippen LogP contribution in [0.2, 0.25) is 0 Å². The topological polar surface area (TPSA) is 55.4 Å². The average molecular weight is 337 g/mol. The second-order valence-electron chi connectivity index (χ2n) is 7.38. The van der Waals surface area contributed by atoms with Gasteiger partial charge in [-0.25, -0.2) is 4.79 Å². The predicted octanol–water partition coefficient (Wildman–Crippen LogP) is 3.67. The first-order chi connectivity index (χ1) is 11.8. The van der Waals surface area contributed by atoms with Crippen LogP contribution in [0, 0.1) is 0 Å². The molecule has 2 atom stereocenters. The van der Waals surface area contributed by atoms with Crippen LogP contribution in [0.5, 0.6) is 0 Å². The molecule has 0 radical (unpaired) electrons. The highest BCUT2D eigenvalue weighted by Crippen LogP contribution is 2.31. The quantitative estimate of drug-likeness (QED) is 0.870. The standard InChI is InChI=1S/C21H23NO3/c1-21(2,3)25-20(24)19-17(13-18(23)22-19)16-11-9-15(10-12-16)14-7-5-4-6-8-14/h4-12,17,19H,13H2,1-3H3,(H,22,23)/t17-,19-/m0/s1. The van der Waals surface area contributed by atoms with Crippen LogP contribution in [0.4, 0.5) is 0 Å². The number of hydrogen-bond donors (Lipinski definition) is 1. The van der Waals surface area contributed by atoms with Crippen molar-refractivity contribution in [2.75, 3.05) is 0 Å². The maximum Gasteiger partial charge on any atom is 0.329 e. The maximum absolute atomic E-state index is 12.4. The molecule has 1 fully saturated rings. The monoisotopic (exact) mass is 337 g/mol. The third kappa shape index (κ3) is 4.08. The van der Waals surface area contributed by atoms with E-state index in [-0.39, 0.29) is 17.8 Å². The average Bonchev–Trinajstić information content (AvgIpc) is 2.96. The molecule has 1 amide bonds. The summed E-state index contributed by atoms with van der Waals surface area (Å²) in [6.07, 6.45) is 0.300. The third-order valence-electron chi connectivity index (χ3n) is 4.23. The summed E-state index contributed by atoms with van der Waals surface area (Å²) in [5, 5.41) is 2.76. The van der Waals surface area contributed by atoms with Gasteiger partial charge in [0.15, 0.2) is 0 Å². The Kier molecular flexibility index (Phi) is 4.62. The zero-order valence-corrected chi connectivity index (χ0v) is 14.8. The highest BCUT2D eigenvalue weighted by molar-refractivity contribution is 5.90. The molecule has 25 heavy (non-hydrogen) atoms. The molecule has 1 aliphatic heterocycles. The molecular weight excluding hydrogens is 314 g/mol. The molecule has 0 spiro atoms. The van der Waals surface area contributed by atoms with E-state index in [1.165, 1.54) is 0 Å². The third-order valence-corrected chi connectivity index (χ3v) is 4.23. The molecule has 0 aliphatic carbocycles. The van der Waals surface area contributed by atoms with Crippen molar-refractivity contribution < 1.29 is 14.3 Å². The lowest BCUT2D eigenvalue weighted by atomic mass is 9.90. The van der Waals surface area contributed by atoms with E-state index in [2.05, 4.69) is 17.4 Å². The number of ether oxygens (including phenoxy) is 1. The summed E-state index contributed by atoms with van der Waals surface area (Å²) in [5.74, 6) is -0.698.